The van der Waals surface area contributed by atoms with Gasteiger partial charge in [0.15, 0.2) is 5.69 Å². The predicted octanol–water partition coefficient (Wildman–Crippen LogP) is 4.83. The maximum Gasteiger partial charge on any atom is 0.434 e. The second-order valence-electron chi connectivity index (χ2n) is 8.18. The highest BCUT2D eigenvalue weighted by Gasteiger charge is 2.43. The van der Waals surface area contributed by atoms with Gasteiger partial charge in [0.25, 0.3) is 0 Å². The molecule has 2 fully saturated rings. The van der Waals surface area contributed by atoms with Gasteiger partial charge in [-0.2, -0.15) is 18.3 Å². The Balaban J connectivity index is 1.48. The average molecular weight is 491 g/mol. The number of rotatable bonds is 5. The normalized spacial score (nSPS) is 19.4. The van der Waals surface area contributed by atoms with Crippen LogP contribution in [0.5, 0.6) is 5.75 Å². The molecule has 4 rings (SSSR count). The molecule has 32 heavy (non-hydrogen) atoms. The Morgan fingerprint density at radius 2 is 1.97 bits per heavy atom. The molecular formula is C21H23Cl2F3N4O2. The van der Waals surface area contributed by atoms with Gasteiger partial charge < -0.3 is 14.5 Å². The van der Waals surface area contributed by atoms with Crippen LogP contribution in [0.1, 0.15) is 37.1 Å². The maximum absolute atomic E-state index is 13.6. The average Bonchev–Trinajstić information content (AvgIpc) is 3.51. The zero-order valence-electron chi connectivity index (χ0n) is 17.6. The van der Waals surface area contributed by atoms with E-state index >= 15 is 0 Å². The first-order valence-corrected chi connectivity index (χ1v) is 11.1. The van der Waals surface area contributed by atoms with E-state index in [2.05, 4.69) is 10.00 Å². The van der Waals surface area contributed by atoms with Crippen molar-refractivity contribution in [3.05, 3.63) is 39.6 Å². The van der Waals surface area contributed by atoms with E-state index in [0.717, 1.165) is 23.2 Å². The van der Waals surface area contributed by atoms with Crippen LogP contribution >= 0.6 is 23.2 Å². The highest BCUT2D eigenvalue weighted by atomic mass is 35.5. The van der Waals surface area contributed by atoms with E-state index in [9.17, 15) is 18.0 Å². The first kappa shape index (κ1) is 23.0. The molecule has 174 valence electrons. The molecule has 6 nitrogen and oxygen atoms in total. The minimum absolute atomic E-state index is 0.0567. The molecule has 1 aliphatic carbocycles. The lowest BCUT2D eigenvalue weighted by molar-refractivity contribution is -0.146. The highest BCUT2D eigenvalue weighted by molar-refractivity contribution is 6.32. The van der Waals surface area contributed by atoms with Gasteiger partial charge in [-0.15, -0.1) is 0 Å². The topological polar surface area (TPSA) is 50.6 Å². The van der Waals surface area contributed by atoms with Crippen molar-refractivity contribution in [1.29, 1.82) is 0 Å². The molecular weight excluding hydrogens is 468 g/mol. The summed E-state index contributed by atoms with van der Waals surface area (Å²) in [6.45, 7) is 2.79. The van der Waals surface area contributed by atoms with Gasteiger partial charge in [0.05, 0.1) is 22.8 Å². The molecule has 0 radical (unpaired) electrons. The fraction of sp³-hybridized carbons (Fsp3) is 0.524. The van der Waals surface area contributed by atoms with Crippen LogP contribution in [0.4, 0.5) is 18.9 Å². The van der Waals surface area contributed by atoms with Crippen molar-refractivity contribution in [1.82, 2.24) is 14.7 Å². The molecule has 0 spiro atoms. The third-order valence-electron chi connectivity index (χ3n) is 5.88. The van der Waals surface area contributed by atoms with Crippen molar-refractivity contribution in [3.8, 4) is 5.75 Å². The third kappa shape index (κ3) is 4.50. The quantitative estimate of drug-likeness (QED) is 0.602. The summed E-state index contributed by atoms with van der Waals surface area (Å²) in [7, 11) is 1.54. The molecule has 2 aromatic rings. The molecule has 1 aliphatic heterocycles. The maximum atomic E-state index is 13.6. The number of amides is 1. The number of aromatic nitrogens is 2. The third-order valence-corrected chi connectivity index (χ3v) is 6.57. The lowest BCUT2D eigenvalue weighted by Gasteiger charge is -2.41. The van der Waals surface area contributed by atoms with E-state index in [-0.39, 0.29) is 22.7 Å². The van der Waals surface area contributed by atoms with Gasteiger partial charge in [0.2, 0.25) is 5.91 Å². The molecule has 1 unspecified atom stereocenters. The van der Waals surface area contributed by atoms with E-state index in [1.165, 1.54) is 7.11 Å². The second kappa shape index (κ2) is 8.67. The van der Waals surface area contributed by atoms with Crippen molar-refractivity contribution in [3.63, 3.8) is 0 Å². The van der Waals surface area contributed by atoms with Gasteiger partial charge in [0, 0.05) is 43.3 Å². The smallest absolute Gasteiger partial charge is 0.434 e. The monoisotopic (exact) mass is 490 g/mol. The Morgan fingerprint density at radius 3 is 2.56 bits per heavy atom. The first-order chi connectivity index (χ1) is 15.1. The van der Waals surface area contributed by atoms with Crippen molar-refractivity contribution in [2.24, 2.45) is 0 Å². The van der Waals surface area contributed by atoms with Crippen LogP contribution in [0.2, 0.25) is 10.0 Å². The Hall–Kier alpha value is -2.13. The lowest BCUT2D eigenvalue weighted by atomic mass is 10.1. The lowest BCUT2D eigenvalue weighted by Crippen LogP contribution is -2.55. The van der Waals surface area contributed by atoms with Crippen LogP contribution in [-0.2, 0) is 17.5 Å². The number of carbonyl (C=O) groups is 1. The summed E-state index contributed by atoms with van der Waals surface area (Å²) in [4.78, 5) is 16.6. The molecule has 1 saturated carbocycles. The predicted molar refractivity (Wildman–Crippen MR) is 116 cm³/mol. The van der Waals surface area contributed by atoms with Crippen LogP contribution in [0.15, 0.2) is 18.2 Å². The van der Waals surface area contributed by atoms with E-state index in [0.29, 0.717) is 30.4 Å². The van der Waals surface area contributed by atoms with Crippen LogP contribution in [0.25, 0.3) is 0 Å². The molecule has 2 heterocycles. The van der Waals surface area contributed by atoms with E-state index in [1.54, 1.807) is 11.0 Å². The summed E-state index contributed by atoms with van der Waals surface area (Å²) in [5.41, 5.74) is 0.0906. The van der Waals surface area contributed by atoms with Gasteiger partial charge in [0.1, 0.15) is 12.3 Å². The number of benzene rings is 1. The number of nitrogens with zero attached hydrogens (tertiary/aromatic N) is 4. The minimum Gasteiger partial charge on any atom is -0.495 e. The zero-order valence-corrected chi connectivity index (χ0v) is 19.1. The molecule has 11 heteroatoms. The Morgan fingerprint density at radius 1 is 1.25 bits per heavy atom. The molecule has 1 atom stereocenters. The molecule has 1 aromatic heterocycles. The number of hydrogen-bond acceptors (Lipinski definition) is 4. The van der Waals surface area contributed by atoms with Crippen LogP contribution < -0.4 is 9.64 Å². The molecule has 1 aromatic carbocycles. The molecule has 2 aliphatic rings. The molecule has 1 amide bonds. The van der Waals surface area contributed by atoms with Crippen LogP contribution in [0, 0.1) is 0 Å². The van der Waals surface area contributed by atoms with Crippen LogP contribution in [-0.4, -0.2) is 53.4 Å². The van der Waals surface area contributed by atoms with Crippen molar-refractivity contribution in [2.75, 3.05) is 31.6 Å². The summed E-state index contributed by atoms with van der Waals surface area (Å²) >= 11 is 12.1. The van der Waals surface area contributed by atoms with E-state index in [4.69, 9.17) is 27.9 Å². The van der Waals surface area contributed by atoms with Gasteiger partial charge in [-0.25, -0.2) is 4.68 Å². The number of piperazine rings is 1. The molecule has 0 N–H and O–H groups in total. The van der Waals surface area contributed by atoms with Gasteiger partial charge in [-0.1, -0.05) is 23.2 Å². The van der Waals surface area contributed by atoms with E-state index < -0.39 is 24.3 Å². The summed E-state index contributed by atoms with van der Waals surface area (Å²) in [5.74, 6) is 0.0775. The molecule has 0 bridgehead atoms. The summed E-state index contributed by atoms with van der Waals surface area (Å²) in [5, 5.41) is 4.18. The Bertz CT molecular complexity index is 1020. The summed E-state index contributed by atoms with van der Waals surface area (Å²) in [6.07, 6.45) is -3.16. The van der Waals surface area contributed by atoms with Crippen molar-refractivity contribution < 1.29 is 22.7 Å². The number of carbonyl (C=O) groups excluding carboxylic acids is 1. The number of halogens is 5. The largest absolute Gasteiger partial charge is 0.495 e. The highest BCUT2D eigenvalue weighted by Crippen LogP contribution is 2.46. The van der Waals surface area contributed by atoms with Crippen molar-refractivity contribution >= 4 is 34.8 Å². The fourth-order valence-electron chi connectivity index (χ4n) is 4.09. The van der Waals surface area contributed by atoms with E-state index in [1.807, 2.05) is 19.1 Å². The Kier molecular flexibility index (Phi) is 6.24. The first-order valence-electron chi connectivity index (χ1n) is 10.3. The van der Waals surface area contributed by atoms with Crippen molar-refractivity contribution in [2.45, 2.75) is 44.4 Å². The fourth-order valence-corrected chi connectivity index (χ4v) is 4.68. The number of anilines is 1. The van der Waals surface area contributed by atoms with Crippen LogP contribution in [0.3, 0.4) is 0 Å². The number of ether oxygens (including phenoxy) is 1. The Labute approximate surface area is 193 Å². The van der Waals surface area contributed by atoms with Gasteiger partial charge >= 0.3 is 6.18 Å². The number of alkyl halides is 3. The summed E-state index contributed by atoms with van der Waals surface area (Å²) in [6, 6.07) is 5.24. The SMILES string of the molecule is COc1cc(N2CCN(C(=O)Cn3nc(C4CC4)c(Cl)c3C(F)(F)F)C(C)C2)ccc1Cl. The number of hydrogen-bond donors (Lipinski definition) is 0. The zero-order chi connectivity index (χ0) is 23.2. The minimum atomic E-state index is -4.69. The second-order valence-corrected chi connectivity index (χ2v) is 8.96. The van der Waals surface area contributed by atoms with Gasteiger partial charge in [-0.05, 0) is 31.9 Å². The summed E-state index contributed by atoms with van der Waals surface area (Å²) < 4.78 is 46.8. The standard InChI is InChI=1S/C21H23Cl2F3N4O2/c1-12-10-28(14-5-6-15(22)16(9-14)32-2)7-8-29(12)17(31)11-30-20(21(24,25)26)18(23)19(27-30)13-3-4-13/h5-6,9,12-13H,3-4,7-8,10-11H2,1-2H3. The van der Waals surface area contributed by atoms with Gasteiger partial charge in [-0.3, -0.25) is 4.79 Å². The molecule has 1 saturated heterocycles. The number of methoxy groups -OCH3 is 1.